The Bertz CT molecular complexity index is 2710. The average Bonchev–Trinajstić information content (AvgIpc) is 3.76. The number of hydrogen-bond acceptors (Lipinski definition) is 2. The van der Waals surface area contributed by atoms with E-state index < -0.39 is 0 Å². The van der Waals surface area contributed by atoms with E-state index in [1.165, 1.54) is 21.8 Å². The summed E-state index contributed by atoms with van der Waals surface area (Å²) in [6.07, 6.45) is 0. The molecule has 0 unspecified atom stereocenters. The first kappa shape index (κ1) is 24.3. The van der Waals surface area contributed by atoms with Crippen LogP contribution in [0.15, 0.2) is 156 Å². The highest BCUT2D eigenvalue weighted by Crippen LogP contribution is 2.41. The maximum Gasteiger partial charge on any atom is 0.145 e. The van der Waals surface area contributed by atoms with Crippen LogP contribution in [0.2, 0.25) is 0 Å². The molecule has 0 saturated carbocycles. The van der Waals surface area contributed by atoms with Crippen molar-refractivity contribution in [3.8, 4) is 22.8 Å². The summed E-state index contributed by atoms with van der Waals surface area (Å²) in [7, 11) is 0. The van der Waals surface area contributed by atoms with Crippen LogP contribution in [0.5, 0.6) is 0 Å². The van der Waals surface area contributed by atoms with Gasteiger partial charge in [-0.3, -0.25) is 4.57 Å². The Balaban J connectivity index is 1.23. The van der Waals surface area contributed by atoms with Crippen molar-refractivity contribution in [2.45, 2.75) is 0 Å². The molecule has 4 aromatic heterocycles. The molecule has 0 N–H and O–H groups in total. The second-order valence-electron chi connectivity index (χ2n) is 11.6. The van der Waals surface area contributed by atoms with Crippen LogP contribution in [0.1, 0.15) is 0 Å². The van der Waals surface area contributed by atoms with Crippen molar-refractivity contribution in [2.24, 2.45) is 0 Å². The van der Waals surface area contributed by atoms with Crippen LogP contribution in [-0.4, -0.2) is 14.1 Å². The molecule has 0 fully saturated rings. The second kappa shape index (κ2) is 9.18. The minimum absolute atomic E-state index is 0.878. The van der Waals surface area contributed by atoms with Crippen molar-refractivity contribution in [1.29, 1.82) is 0 Å². The SMILES string of the molecule is c1ccc(-c2cccc(-n3c4ccccc4c4c5oc6ccc(-n7c8ccccc8c8ccccc87)cc6c5ccc43)n2)cc1. The van der Waals surface area contributed by atoms with E-state index in [1.54, 1.807) is 0 Å². The first-order valence-electron chi connectivity index (χ1n) is 15.2. The number of nitrogens with zero attached hydrogens (tertiary/aromatic N) is 3. The lowest BCUT2D eigenvalue weighted by atomic mass is 10.1. The third kappa shape index (κ3) is 3.45. The lowest BCUT2D eigenvalue weighted by molar-refractivity contribution is 0.673. The summed E-state index contributed by atoms with van der Waals surface area (Å²) in [4.78, 5) is 5.13. The number of furan rings is 1. The number of aromatic nitrogens is 3. The van der Waals surface area contributed by atoms with E-state index in [2.05, 4.69) is 155 Å². The zero-order valence-electron chi connectivity index (χ0n) is 24.2. The van der Waals surface area contributed by atoms with Gasteiger partial charge in [0.25, 0.3) is 0 Å². The van der Waals surface area contributed by atoms with Crippen molar-refractivity contribution in [1.82, 2.24) is 14.1 Å². The summed E-state index contributed by atoms with van der Waals surface area (Å²) >= 11 is 0. The summed E-state index contributed by atoms with van der Waals surface area (Å²) < 4.78 is 11.3. The van der Waals surface area contributed by atoms with E-state index >= 15 is 0 Å². The molecule has 0 aliphatic heterocycles. The van der Waals surface area contributed by atoms with Gasteiger partial charge in [0, 0.05) is 38.2 Å². The third-order valence-corrected chi connectivity index (χ3v) is 9.13. The molecule has 0 saturated heterocycles. The van der Waals surface area contributed by atoms with Gasteiger partial charge in [0.1, 0.15) is 17.0 Å². The maximum atomic E-state index is 6.72. The highest BCUT2D eigenvalue weighted by atomic mass is 16.3. The molecule has 6 aromatic carbocycles. The predicted octanol–water partition coefficient (Wildman–Crippen LogP) is 10.8. The Hall–Kier alpha value is -6.13. The highest BCUT2D eigenvalue weighted by molar-refractivity contribution is 6.24. The molecule has 0 bridgehead atoms. The molecule has 10 rings (SSSR count). The Kier molecular flexibility index (Phi) is 4.96. The fraction of sp³-hybridized carbons (Fsp3) is 0. The van der Waals surface area contributed by atoms with Crippen LogP contribution in [-0.2, 0) is 0 Å². The molecular weight excluding hydrogens is 550 g/mol. The average molecular weight is 576 g/mol. The number of hydrogen-bond donors (Lipinski definition) is 0. The first-order chi connectivity index (χ1) is 22.3. The summed E-state index contributed by atoms with van der Waals surface area (Å²) in [6, 6.07) is 53.4. The quantitative estimate of drug-likeness (QED) is 0.210. The highest BCUT2D eigenvalue weighted by Gasteiger charge is 2.20. The molecule has 4 heteroatoms. The van der Waals surface area contributed by atoms with Gasteiger partial charge in [-0.05, 0) is 60.7 Å². The number of benzene rings is 6. The maximum absolute atomic E-state index is 6.72. The Labute approximate surface area is 258 Å². The van der Waals surface area contributed by atoms with Crippen LogP contribution in [0.25, 0.3) is 88.3 Å². The summed E-state index contributed by atoms with van der Waals surface area (Å²) in [5.41, 5.74) is 9.50. The Morgan fingerprint density at radius 3 is 1.87 bits per heavy atom. The number of rotatable bonds is 3. The lowest BCUT2D eigenvalue weighted by Gasteiger charge is -2.09. The van der Waals surface area contributed by atoms with E-state index in [9.17, 15) is 0 Å². The standard InChI is InChI=1S/C41H25N3O/c1-2-11-26(12-3-1)33-16-10-20-39(42-33)44-36-19-9-6-15-31(36)40-37(44)23-22-30-32-25-27(21-24-38(32)45-41(30)40)43-34-17-7-4-13-28(34)29-14-5-8-18-35(29)43/h1-25H. The molecule has 4 nitrogen and oxygen atoms in total. The lowest BCUT2D eigenvalue weighted by Crippen LogP contribution is -1.98. The van der Waals surface area contributed by atoms with Gasteiger partial charge in [0.2, 0.25) is 0 Å². The van der Waals surface area contributed by atoms with Crippen LogP contribution in [0, 0.1) is 0 Å². The van der Waals surface area contributed by atoms with Crippen molar-refractivity contribution in [2.75, 3.05) is 0 Å². The van der Waals surface area contributed by atoms with Gasteiger partial charge < -0.3 is 8.98 Å². The fourth-order valence-corrected chi connectivity index (χ4v) is 7.18. The van der Waals surface area contributed by atoms with E-state index in [1.807, 2.05) is 6.07 Å². The zero-order valence-corrected chi connectivity index (χ0v) is 24.2. The molecule has 0 radical (unpaired) electrons. The van der Waals surface area contributed by atoms with E-state index in [0.717, 1.165) is 66.5 Å². The molecule has 0 atom stereocenters. The molecule has 0 aliphatic rings. The number of para-hydroxylation sites is 3. The van der Waals surface area contributed by atoms with E-state index in [0.29, 0.717) is 0 Å². The van der Waals surface area contributed by atoms with Crippen molar-refractivity contribution in [3.63, 3.8) is 0 Å². The molecule has 45 heavy (non-hydrogen) atoms. The van der Waals surface area contributed by atoms with Crippen LogP contribution in [0.4, 0.5) is 0 Å². The van der Waals surface area contributed by atoms with Crippen LogP contribution in [0.3, 0.4) is 0 Å². The monoisotopic (exact) mass is 575 g/mol. The molecule has 0 spiro atoms. The minimum Gasteiger partial charge on any atom is -0.455 e. The molecule has 0 amide bonds. The zero-order chi connectivity index (χ0) is 29.5. The molecule has 210 valence electrons. The Morgan fingerprint density at radius 1 is 0.444 bits per heavy atom. The normalized spacial score (nSPS) is 12.0. The topological polar surface area (TPSA) is 35.9 Å². The van der Waals surface area contributed by atoms with Gasteiger partial charge in [-0.15, -0.1) is 0 Å². The molecule has 10 aromatic rings. The molecule has 0 aliphatic carbocycles. The van der Waals surface area contributed by atoms with Crippen LogP contribution < -0.4 is 0 Å². The summed E-state index contributed by atoms with van der Waals surface area (Å²) in [6.45, 7) is 0. The number of pyridine rings is 1. The van der Waals surface area contributed by atoms with Gasteiger partial charge >= 0.3 is 0 Å². The third-order valence-electron chi connectivity index (χ3n) is 9.13. The minimum atomic E-state index is 0.878. The summed E-state index contributed by atoms with van der Waals surface area (Å²) in [5.74, 6) is 0.881. The van der Waals surface area contributed by atoms with E-state index in [4.69, 9.17) is 9.40 Å². The largest absolute Gasteiger partial charge is 0.455 e. The van der Waals surface area contributed by atoms with Crippen LogP contribution >= 0.6 is 0 Å². The molecule has 4 heterocycles. The van der Waals surface area contributed by atoms with Crippen molar-refractivity contribution in [3.05, 3.63) is 152 Å². The van der Waals surface area contributed by atoms with Gasteiger partial charge in [-0.25, -0.2) is 4.98 Å². The molecular formula is C41H25N3O. The number of fused-ring (bicyclic) bond motifs is 10. The van der Waals surface area contributed by atoms with Crippen molar-refractivity contribution >= 4 is 65.6 Å². The van der Waals surface area contributed by atoms with Gasteiger partial charge in [-0.2, -0.15) is 0 Å². The first-order valence-corrected chi connectivity index (χ1v) is 15.2. The smallest absolute Gasteiger partial charge is 0.145 e. The fourth-order valence-electron chi connectivity index (χ4n) is 7.18. The van der Waals surface area contributed by atoms with Gasteiger partial charge in [0.15, 0.2) is 0 Å². The van der Waals surface area contributed by atoms with Crippen molar-refractivity contribution < 1.29 is 4.42 Å². The second-order valence-corrected chi connectivity index (χ2v) is 11.6. The predicted molar refractivity (Wildman–Crippen MR) is 186 cm³/mol. The van der Waals surface area contributed by atoms with E-state index in [-0.39, 0.29) is 0 Å². The van der Waals surface area contributed by atoms with Gasteiger partial charge in [-0.1, -0.05) is 91.0 Å². The Morgan fingerprint density at radius 2 is 1.11 bits per heavy atom. The van der Waals surface area contributed by atoms with Gasteiger partial charge in [0.05, 0.1) is 33.1 Å². The summed E-state index contributed by atoms with van der Waals surface area (Å²) in [5, 5.41) is 6.96.